The second-order valence-corrected chi connectivity index (χ2v) is 11.1. The molecule has 1 fully saturated rings. The van der Waals surface area contributed by atoms with E-state index in [2.05, 4.69) is 45.2 Å². The van der Waals surface area contributed by atoms with E-state index in [1.807, 2.05) is 37.3 Å². The molecule has 0 unspecified atom stereocenters. The van der Waals surface area contributed by atoms with E-state index < -0.39 is 5.72 Å². The maximum absolute atomic E-state index is 14.3. The van der Waals surface area contributed by atoms with E-state index >= 15 is 0 Å². The highest BCUT2D eigenvalue weighted by Crippen LogP contribution is 2.56. The van der Waals surface area contributed by atoms with Crippen LogP contribution < -0.4 is 5.32 Å². The summed E-state index contributed by atoms with van der Waals surface area (Å²) in [7, 11) is 1.59. The fourth-order valence-corrected chi connectivity index (χ4v) is 6.97. The summed E-state index contributed by atoms with van der Waals surface area (Å²) in [6.45, 7) is 11.0. The molecule has 4 nitrogen and oxygen atoms in total. The molecule has 1 N–H and O–H groups in total. The molecule has 0 aromatic heterocycles. The molecule has 34 heavy (non-hydrogen) atoms. The van der Waals surface area contributed by atoms with Crippen molar-refractivity contribution in [3.63, 3.8) is 0 Å². The molecule has 3 aliphatic rings. The Morgan fingerprint density at radius 3 is 2.56 bits per heavy atom. The Kier molecular flexibility index (Phi) is 6.74. The zero-order valence-electron chi connectivity index (χ0n) is 21.5. The smallest absolute Gasteiger partial charge is 0.257 e. The molecule has 1 saturated carbocycles. The van der Waals surface area contributed by atoms with Crippen LogP contribution in [0.15, 0.2) is 65.3 Å². The number of fused-ring (bicyclic) bond motifs is 1. The zero-order valence-corrected chi connectivity index (χ0v) is 21.5. The van der Waals surface area contributed by atoms with Gasteiger partial charge in [-0.3, -0.25) is 9.59 Å². The third-order valence-corrected chi connectivity index (χ3v) is 8.58. The number of ketones is 1. The second kappa shape index (κ2) is 9.30. The Morgan fingerprint density at radius 2 is 1.91 bits per heavy atom. The minimum atomic E-state index is -1.00. The van der Waals surface area contributed by atoms with Crippen LogP contribution in [0.4, 0.5) is 0 Å². The predicted octanol–water partition coefficient (Wildman–Crippen LogP) is 5.80. The van der Waals surface area contributed by atoms with Crippen LogP contribution in [0.5, 0.6) is 0 Å². The lowest BCUT2D eigenvalue weighted by molar-refractivity contribution is -0.129. The Hall–Kier alpha value is -2.46. The number of hydrogen-bond acceptors (Lipinski definition) is 3. The molecule has 0 spiro atoms. The van der Waals surface area contributed by atoms with Gasteiger partial charge in [0.25, 0.3) is 5.91 Å². The topological polar surface area (TPSA) is 55.4 Å². The van der Waals surface area contributed by atoms with Gasteiger partial charge < -0.3 is 10.1 Å². The lowest BCUT2D eigenvalue weighted by Gasteiger charge is -2.52. The normalized spacial score (nSPS) is 35.8. The van der Waals surface area contributed by atoms with Gasteiger partial charge in [-0.25, -0.2) is 0 Å². The molecule has 0 bridgehead atoms. The maximum atomic E-state index is 14.3. The van der Waals surface area contributed by atoms with E-state index in [0.29, 0.717) is 12.3 Å². The van der Waals surface area contributed by atoms with Gasteiger partial charge in [0.15, 0.2) is 11.5 Å². The number of rotatable bonds is 6. The molecule has 6 atom stereocenters. The van der Waals surface area contributed by atoms with Gasteiger partial charge in [0.1, 0.15) is 0 Å². The molecule has 1 aromatic carbocycles. The van der Waals surface area contributed by atoms with Gasteiger partial charge in [0.05, 0.1) is 5.57 Å². The second-order valence-electron chi connectivity index (χ2n) is 11.1. The van der Waals surface area contributed by atoms with Crippen molar-refractivity contribution < 1.29 is 14.3 Å². The molecule has 0 radical (unpaired) electrons. The Bertz CT molecular complexity index is 1050. The van der Waals surface area contributed by atoms with Crippen LogP contribution in [0.25, 0.3) is 0 Å². The molecule has 2 aliphatic carbocycles. The van der Waals surface area contributed by atoms with Crippen LogP contribution in [-0.2, 0) is 20.7 Å². The molecule has 0 saturated heterocycles. The van der Waals surface area contributed by atoms with Crippen molar-refractivity contribution in [1.29, 1.82) is 0 Å². The van der Waals surface area contributed by atoms with Crippen LogP contribution in [0.2, 0.25) is 0 Å². The minimum absolute atomic E-state index is 0.0232. The number of hydrogen-bond donors (Lipinski definition) is 1. The van der Waals surface area contributed by atoms with Gasteiger partial charge in [0.2, 0.25) is 0 Å². The van der Waals surface area contributed by atoms with Crippen molar-refractivity contribution in [1.82, 2.24) is 5.32 Å². The van der Waals surface area contributed by atoms with Crippen LogP contribution >= 0.6 is 0 Å². The molecule has 4 heteroatoms. The highest BCUT2D eigenvalue weighted by atomic mass is 16.5. The Labute approximate surface area is 204 Å². The van der Waals surface area contributed by atoms with E-state index in [1.165, 1.54) is 11.1 Å². The summed E-state index contributed by atoms with van der Waals surface area (Å²) in [5.74, 6) is 0.303. The van der Waals surface area contributed by atoms with Crippen molar-refractivity contribution in [2.45, 2.75) is 66.0 Å². The number of carbonyl (C=O) groups is 2. The summed E-state index contributed by atoms with van der Waals surface area (Å²) in [4.78, 5) is 27.5. The number of ether oxygens (including phenoxy) is 1. The van der Waals surface area contributed by atoms with Crippen molar-refractivity contribution in [2.24, 2.45) is 29.1 Å². The summed E-state index contributed by atoms with van der Waals surface area (Å²) in [5, 5.41) is 2.99. The SMILES string of the molecule is C/C=C(\C)[C@@H]1C(C)=C[C@]2(C)C[C@H](C)CC[C@H]2[C@@H]1C(=O)C1=C[C@@](Cc2ccccc2)(OC)NC1=O. The lowest BCUT2D eigenvalue weighted by Crippen LogP contribution is -2.48. The molecular weight excluding hydrogens is 422 g/mol. The average Bonchev–Trinajstić information content (AvgIpc) is 3.13. The maximum Gasteiger partial charge on any atom is 0.257 e. The number of methoxy groups -OCH3 is 1. The summed E-state index contributed by atoms with van der Waals surface area (Å²) in [5.41, 5.74) is 2.73. The van der Waals surface area contributed by atoms with Gasteiger partial charge in [-0.1, -0.05) is 73.9 Å². The first kappa shape index (κ1) is 24.7. The van der Waals surface area contributed by atoms with Gasteiger partial charge in [-0.15, -0.1) is 0 Å². The Morgan fingerprint density at radius 1 is 1.21 bits per heavy atom. The largest absolute Gasteiger partial charge is 0.355 e. The van der Waals surface area contributed by atoms with Gasteiger partial charge >= 0.3 is 0 Å². The fraction of sp³-hybridized carbons (Fsp3) is 0.533. The van der Waals surface area contributed by atoms with Crippen LogP contribution in [0.1, 0.15) is 59.4 Å². The third-order valence-electron chi connectivity index (χ3n) is 8.58. The third kappa shape index (κ3) is 4.33. The van der Waals surface area contributed by atoms with E-state index in [4.69, 9.17) is 4.74 Å². The first-order chi connectivity index (χ1) is 16.1. The van der Waals surface area contributed by atoms with Crippen molar-refractivity contribution >= 4 is 11.7 Å². The summed E-state index contributed by atoms with van der Waals surface area (Å²) >= 11 is 0. The summed E-state index contributed by atoms with van der Waals surface area (Å²) < 4.78 is 5.81. The van der Waals surface area contributed by atoms with Gasteiger partial charge in [-0.05, 0) is 62.5 Å². The minimum Gasteiger partial charge on any atom is -0.355 e. The fourth-order valence-electron chi connectivity index (χ4n) is 6.97. The van der Waals surface area contributed by atoms with Crippen molar-refractivity contribution in [2.75, 3.05) is 7.11 Å². The first-order valence-electron chi connectivity index (χ1n) is 12.6. The average molecular weight is 462 g/mol. The molecular formula is C30H39NO3. The van der Waals surface area contributed by atoms with Gasteiger partial charge in [0, 0.05) is 25.4 Å². The number of benzene rings is 1. The number of amides is 1. The van der Waals surface area contributed by atoms with Crippen LogP contribution in [0, 0.1) is 29.1 Å². The first-order valence-corrected chi connectivity index (χ1v) is 12.6. The van der Waals surface area contributed by atoms with E-state index in [0.717, 1.165) is 24.8 Å². The highest BCUT2D eigenvalue weighted by molar-refractivity contribution is 6.22. The van der Waals surface area contributed by atoms with Crippen LogP contribution in [0.3, 0.4) is 0 Å². The number of nitrogens with one attached hydrogen (secondary N) is 1. The quantitative estimate of drug-likeness (QED) is 0.430. The van der Waals surface area contributed by atoms with E-state index in [9.17, 15) is 9.59 Å². The predicted molar refractivity (Wildman–Crippen MR) is 136 cm³/mol. The molecule has 1 aromatic rings. The number of carbonyl (C=O) groups excluding carboxylic acids is 2. The highest BCUT2D eigenvalue weighted by Gasteiger charge is 2.53. The van der Waals surface area contributed by atoms with E-state index in [-0.39, 0.29) is 40.4 Å². The van der Waals surface area contributed by atoms with Gasteiger partial charge in [-0.2, -0.15) is 0 Å². The molecule has 4 rings (SSSR count). The van der Waals surface area contributed by atoms with Crippen LogP contribution in [-0.4, -0.2) is 24.5 Å². The molecule has 1 heterocycles. The monoisotopic (exact) mass is 461 g/mol. The summed E-state index contributed by atoms with van der Waals surface area (Å²) in [6.07, 6.45) is 10.0. The molecule has 182 valence electrons. The standard InChI is InChI=1S/C30H39NO3/c1-7-20(3)25-21(4)16-29(5)15-19(2)13-14-24(29)26(25)27(32)23-18-30(34-6,31-28(23)33)17-22-11-9-8-10-12-22/h7-12,16,18-19,24-26H,13-15,17H2,1-6H3,(H,31,33)/b20-7+/t19-,24+,25-,26+,29+,30-/m1/s1. The van der Waals surface area contributed by atoms with E-state index in [1.54, 1.807) is 13.2 Å². The number of Topliss-reactive ketones (excluding diaryl/α,β-unsaturated/α-hetero) is 1. The zero-order chi connectivity index (χ0) is 24.7. The Balaban J connectivity index is 1.75. The van der Waals surface area contributed by atoms with Crippen molar-refractivity contribution in [3.8, 4) is 0 Å². The molecule has 1 amide bonds. The lowest BCUT2D eigenvalue weighted by atomic mass is 9.52. The number of allylic oxidation sites excluding steroid dienone is 4. The summed E-state index contributed by atoms with van der Waals surface area (Å²) in [6, 6.07) is 9.92. The van der Waals surface area contributed by atoms with Crippen molar-refractivity contribution in [3.05, 3.63) is 70.8 Å². The molecule has 1 aliphatic heterocycles.